The molecule has 0 nitrogen and oxygen atoms in total. The zero-order chi connectivity index (χ0) is 23.3. The quantitative estimate of drug-likeness (QED) is 0.316. The molecular weight excluding hydrogens is 489 g/mol. The Kier molecular flexibility index (Phi) is 7.33. The van der Waals surface area contributed by atoms with E-state index < -0.39 is 0 Å². The maximum Gasteiger partial charge on any atom is 0.0776 e. The SMILES string of the molecule is CC#Cc1cccc(C#CC2=C(c3ccccc3)S/C(=C3\SC(C)=C(c4ccccc4)S3)S2)c1. The highest BCUT2D eigenvalue weighted by molar-refractivity contribution is 8.37. The van der Waals surface area contributed by atoms with Crippen LogP contribution in [0.2, 0.25) is 0 Å². The van der Waals surface area contributed by atoms with Crippen molar-refractivity contribution in [2.24, 2.45) is 0 Å². The summed E-state index contributed by atoms with van der Waals surface area (Å²) in [5.74, 6) is 12.9. The first-order valence-electron chi connectivity index (χ1n) is 10.8. The molecule has 0 amide bonds. The Balaban J connectivity index is 1.47. The van der Waals surface area contributed by atoms with E-state index in [-0.39, 0.29) is 0 Å². The van der Waals surface area contributed by atoms with Crippen LogP contribution in [0.4, 0.5) is 0 Å². The molecule has 164 valence electrons. The smallest absolute Gasteiger partial charge is 0.0776 e. The van der Waals surface area contributed by atoms with Gasteiger partial charge in [-0.3, -0.25) is 0 Å². The molecule has 0 aliphatic carbocycles. The summed E-state index contributed by atoms with van der Waals surface area (Å²) in [7, 11) is 0. The van der Waals surface area contributed by atoms with Crippen LogP contribution in [-0.4, -0.2) is 0 Å². The molecule has 3 aromatic rings. The summed E-state index contributed by atoms with van der Waals surface area (Å²) in [4.78, 5) is 5.05. The molecule has 0 bridgehead atoms. The van der Waals surface area contributed by atoms with E-state index >= 15 is 0 Å². The predicted molar refractivity (Wildman–Crippen MR) is 156 cm³/mol. The van der Waals surface area contributed by atoms with E-state index in [1.165, 1.54) is 34.3 Å². The van der Waals surface area contributed by atoms with E-state index in [9.17, 15) is 0 Å². The molecule has 2 aliphatic heterocycles. The van der Waals surface area contributed by atoms with Crippen LogP contribution in [0.15, 0.2) is 103 Å². The van der Waals surface area contributed by atoms with Gasteiger partial charge in [0.05, 0.1) is 13.4 Å². The van der Waals surface area contributed by atoms with Gasteiger partial charge in [-0.05, 0) is 43.2 Å². The standard InChI is InChI=1S/C30H20S4/c1-3-11-22-12-10-13-23(20-22)18-19-26-28(25-16-8-5-9-17-25)34-30(32-26)29-31-21(2)27(33-29)24-14-6-4-7-15-24/h4-10,12-17,20H,1-2H3/b30-29+. The van der Waals surface area contributed by atoms with E-state index in [0.29, 0.717) is 0 Å². The summed E-state index contributed by atoms with van der Waals surface area (Å²) in [5, 5.41) is 0. The highest BCUT2D eigenvalue weighted by atomic mass is 32.2. The van der Waals surface area contributed by atoms with Gasteiger partial charge in [0.2, 0.25) is 0 Å². The van der Waals surface area contributed by atoms with Crippen molar-refractivity contribution in [3.63, 3.8) is 0 Å². The zero-order valence-corrected chi connectivity index (χ0v) is 22.0. The third-order valence-electron chi connectivity index (χ3n) is 5.05. The highest BCUT2D eigenvalue weighted by Gasteiger charge is 2.29. The maximum atomic E-state index is 3.48. The average molecular weight is 509 g/mol. The van der Waals surface area contributed by atoms with Crippen LogP contribution in [0.3, 0.4) is 0 Å². The predicted octanol–water partition coefficient (Wildman–Crippen LogP) is 9.25. The van der Waals surface area contributed by atoms with E-state index in [1.807, 2.05) is 60.4 Å². The second-order valence-corrected chi connectivity index (χ2v) is 12.3. The second kappa shape index (κ2) is 10.8. The number of hydrogen-bond donors (Lipinski definition) is 0. The molecule has 0 saturated carbocycles. The van der Waals surface area contributed by atoms with Crippen LogP contribution in [0.25, 0.3) is 9.81 Å². The van der Waals surface area contributed by atoms with Crippen molar-refractivity contribution < 1.29 is 0 Å². The lowest BCUT2D eigenvalue weighted by Crippen LogP contribution is -1.80. The van der Waals surface area contributed by atoms with E-state index in [4.69, 9.17) is 0 Å². The molecule has 0 fully saturated rings. The van der Waals surface area contributed by atoms with Gasteiger partial charge in [0.15, 0.2) is 0 Å². The minimum Gasteiger partial charge on any atom is -0.101 e. The fourth-order valence-electron chi connectivity index (χ4n) is 3.50. The molecule has 0 aromatic heterocycles. The molecule has 0 atom stereocenters. The van der Waals surface area contributed by atoms with Crippen molar-refractivity contribution in [2.45, 2.75) is 13.8 Å². The van der Waals surface area contributed by atoms with Crippen LogP contribution in [0.1, 0.15) is 36.1 Å². The Hall–Kier alpha value is -2.60. The normalized spacial score (nSPS) is 17.4. The van der Waals surface area contributed by atoms with Crippen LogP contribution >= 0.6 is 47.0 Å². The van der Waals surface area contributed by atoms with Gasteiger partial charge in [0.25, 0.3) is 0 Å². The molecule has 0 spiro atoms. The Labute approximate surface area is 218 Å². The van der Waals surface area contributed by atoms with Gasteiger partial charge in [0, 0.05) is 25.8 Å². The molecular formula is C30H20S4. The molecule has 0 unspecified atom stereocenters. The minimum absolute atomic E-state index is 0.986. The number of allylic oxidation sites excluding steroid dienone is 2. The lowest BCUT2D eigenvalue weighted by atomic mass is 10.1. The Morgan fingerprint density at radius 2 is 1.15 bits per heavy atom. The monoisotopic (exact) mass is 508 g/mol. The minimum atomic E-state index is 0.986. The summed E-state index contributed by atoms with van der Waals surface area (Å²) in [6.45, 7) is 4.08. The van der Waals surface area contributed by atoms with Crippen molar-refractivity contribution in [3.05, 3.63) is 125 Å². The number of hydrogen-bond acceptors (Lipinski definition) is 4. The first kappa shape index (κ1) is 23.2. The van der Waals surface area contributed by atoms with Crippen molar-refractivity contribution in [1.29, 1.82) is 0 Å². The molecule has 0 saturated heterocycles. The molecule has 3 aromatic carbocycles. The van der Waals surface area contributed by atoms with Crippen LogP contribution in [-0.2, 0) is 0 Å². The van der Waals surface area contributed by atoms with Gasteiger partial charge in [-0.15, -0.1) is 5.92 Å². The largest absolute Gasteiger partial charge is 0.101 e. The lowest BCUT2D eigenvalue weighted by Gasteiger charge is -2.04. The number of benzene rings is 3. The molecule has 2 heterocycles. The molecule has 0 radical (unpaired) electrons. The first-order valence-corrected chi connectivity index (χ1v) is 14.0. The van der Waals surface area contributed by atoms with E-state index in [2.05, 4.69) is 97.3 Å². The van der Waals surface area contributed by atoms with Gasteiger partial charge < -0.3 is 0 Å². The Morgan fingerprint density at radius 1 is 0.559 bits per heavy atom. The van der Waals surface area contributed by atoms with Crippen molar-refractivity contribution in [1.82, 2.24) is 0 Å². The summed E-state index contributed by atoms with van der Waals surface area (Å²) in [6, 6.07) is 29.4. The van der Waals surface area contributed by atoms with Gasteiger partial charge in [-0.2, -0.15) is 0 Å². The van der Waals surface area contributed by atoms with E-state index in [0.717, 1.165) is 16.0 Å². The van der Waals surface area contributed by atoms with Crippen molar-refractivity contribution in [3.8, 4) is 23.7 Å². The summed E-state index contributed by atoms with van der Waals surface area (Å²) in [5.41, 5.74) is 4.48. The highest BCUT2D eigenvalue weighted by Crippen LogP contribution is 2.63. The topological polar surface area (TPSA) is 0 Å². The third-order valence-corrected chi connectivity index (χ3v) is 10.8. The zero-order valence-electron chi connectivity index (χ0n) is 18.7. The van der Waals surface area contributed by atoms with Crippen molar-refractivity contribution in [2.75, 3.05) is 0 Å². The van der Waals surface area contributed by atoms with Gasteiger partial charge >= 0.3 is 0 Å². The lowest BCUT2D eigenvalue weighted by molar-refractivity contribution is 1.59. The fourth-order valence-corrected chi connectivity index (χ4v) is 8.94. The van der Waals surface area contributed by atoms with Crippen molar-refractivity contribution >= 4 is 56.9 Å². The Morgan fingerprint density at radius 3 is 1.82 bits per heavy atom. The average Bonchev–Trinajstić information content (AvgIpc) is 3.48. The van der Waals surface area contributed by atoms with Gasteiger partial charge in [-0.1, -0.05) is 132 Å². The molecule has 2 aliphatic rings. The fraction of sp³-hybridized carbons (Fsp3) is 0.0667. The summed E-state index contributed by atoms with van der Waals surface area (Å²) < 4.78 is 2.66. The first-order chi connectivity index (χ1) is 16.7. The maximum absolute atomic E-state index is 3.48. The summed E-state index contributed by atoms with van der Waals surface area (Å²) >= 11 is 7.40. The second-order valence-electron chi connectivity index (χ2n) is 7.46. The Bertz CT molecular complexity index is 1450. The van der Waals surface area contributed by atoms with Gasteiger partial charge in [0.1, 0.15) is 0 Å². The number of thioether (sulfide) groups is 4. The number of rotatable bonds is 2. The van der Waals surface area contributed by atoms with Gasteiger partial charge in [-0.25, -0.2) is 0 Å². The van der Waals surface area contributed by atoms with E-state index in [1.54, 1.807) is 11.8 Å². The molecule has 4 heteroatoms. The molecule has 0 N–H and O–H groups in total. The summed E-state index contributed by atoms with van der Waals surface area (Å²) in [6.07, 6.45) is 0. The molecule has 5 rings (SSSR count). The third kappa shape index (κ3) is 5.22. The molecule has 34 heavy (non-hydrogen) atoms. The van der Waals surface area contributed by atoms with Crippen LogP contribution in [0, 0.1) is 23.7 Å². The van der Waals surface area contributed by atoms with Crippen LogP contribution in [0.5, 0.6) is 0 Å². The van der Waals surface area contributed by atoms with Crippen LogP contribution < -0.4 is 0 Å².